The first-order valence-corrected chi connectivity index (χ1v) is 13.1. The van der Waals surface area contributed by atoms with E-state index in [9.17, 15) is 24.6 Å². The lowest BCUT2D eigenvalue weighted by atomic mass is 9.44. The van der Waals surface area contributed by atoms with E-state index in [1.165, 1.54) is 6.08 Å². The fraction of sp³-hybridized carbons (Fsp3) is 0.750. The highest BCUT2D eigenvalue weighted by Crippen LogP contribution is 2.72. The van der Waals surface area contributed by atoms with Crippen molar-refractivity contribution in [3.63, 3.8) is 0 Å². The van der Waals surface area contributed by atoms with Crippen LogP contribution in [0, 0.1) is 40.4 Å². The van der Waals surface area contributed by atoms with Gasteiger partial charge >= 0.3 is 5.97 Å². The number of rotatable bonds is 3. The predicted octanol–water partition coefficient (Wildman–Crippen LogP) is 2.53. The third-order valence-electron chi connectivity index (χ3n) is 11.4. The zero-order chi connectivity index (χ0) is 25.1. The molecular formula is C28H36O7. The first-order valence-electron chi connectivity index (χ1n) is 13.1. The summed E-state index contributed by atoms with van der Waals surface area (Å²) >= 11 is 0. The molecule has 2 N–H and O–H groups in total. The van der Waals surface area contributed by atoms with Gasteiger partial charge in [0.15, 0.2) is 5.78 Å². The molecule has 2 heterocycles. The Bertz CT molecular complexity index is 1060. The first-order chi connectivity index (χ1) is 16.5. The van der Waals surface area contributed by atoms with Crippen molar-refractivity contribution in [3.05, 3.63) is 23.3 Å². The van der Waals surface area contributed by atoms with E-state index in [-0.39, 0.29) is 53.6 Å². The molecule has 6 rings (SSSR count). The molecule has 0 bridgehead atoms. The van der Waals surface area contributed by atoms with Crippen LogP contribution in [-0.2, 0) is 23.9 Å². The van der Waals surface area contributed by atoms with E-state index in [2.05, 4.69) is 0 Å². The highest BCUT2D eigenvalue weighted by Gasteiger charge is 2.80. The second kappa shape index (κ2) is 7.36. The van der Waals surface area contributed by atoms with Gasteiger partial charge in [-0.3, -0.25) is 4.79 Å². The Morgan fingerprint density at radius 3 is 2.60 bits per heavy atom. The Kier molecular flexibility index (Phi) is 4.95. The van der Waals surface area contributed by atoms with E-state index >= 15 is 0 Å². The highest BCUT2D eigenvalue weighted by molar-refractivity contribution is 5.98. The van der Waals surface area contributed by atoms with E-state index in [1.54, 1.807) is 13.0 Å². The van der Waals surface area contributed by atoms with Gasteiger partial charge in [0, 0.05) is 23.3 Å². The van der Waals surface area contributed by atoms with E-state index in [1.807, 2.05) is 20.8 Å². The second-order valence-electron chi connectivity index (χ2n) is 12.4. The molecule has 3 saturated carbocycles. The standard InChI is InChI=1S/C28H36O7/c1-13-9-20(34-25(33)14(13)2)15(3)24-19(30)11-18-16-10-23-28(35-23)22(32)6-5-21(31)26(28,4)17(16)7-8-27(18,24)12-29/h5-6,12,15-20,22-24,30,32H,7-11H2,1-4H3/t15-,16-,17+,18+,19-,20?,22+,23-,24+,26+,27-,28-/m1/s1. The van der Waals surface area contributed by atoms with Crippen molar-refractivity contribution >= 4 is 18.0 Å². The molecule has 0 aromatic rings. The summed E-state index contributed by atoms with van der Waals surface area (Å²) in [6, 6.07) is 0. The SMILES string of the molecule is CC1=C(C)C(=O)OC([C@@H](C)[C@H]2[C@H](O)C[C@H]3[C@@H]4C[C@H]5O[C@]56[C@@H](O)C=CC(=O)[C@]6(C)[C@H]4CC[C@]23C=O)C1. The van der Waals surface area contributed by atoms with Crippen molar-refractivity contribution in [1.29, 1.82) is 0 Å². The largest absolute Gasteiger partial charge is 0.458 e. The van der Waals surface area contributed by atoms with Crippen LogP contribution >= 0.6 is 0 Å². The number of epoxide rings is 1. The fourth-order valence-electron chi connectivity index (χ4n) is 9.44. The summed E-state index contributed by atoms with van der Waals surface area (Å²) in [7, 11) is 0. The monoisotopic (exact) mass is 484 g/mol. The third kappa shape index (κ3) is 2.70. The van der Waals surface area contributed by atoms with Crippen molar-refractivity contribution in [2.45, 2.75) is 89.8 Å². The summed E-state index contributed by atoms with van der Waals surface area (Å²) in [5, 5.41) is 22.2. The molecule has 7 heteroatoms. The van der Waals surface area contributed by atoms with Gasteiger partial charge in [0.1, 0.15) is 24.1 Å². The molecule has 35 heavy (non-hydrogen) atoms. The molecule has 1 unspecified atom stereocenters. The lowest BCUT2D eigenvalue weighted by Crippen LogP contribution is -2.64. The number of cyclic esters (lactones) is 1. The van der Waals surface area contributed by atoms with Gasteiger partial charge in [-0.1, -0.05) is 12.5 Å². The van der Waals surface area contributed by atoms with Crippen LogP contribution in [0.15, 0.2) is 23.3 Å². The molecule has 4 aliphatic carbocycles. The lowest BCUT2D eigenvalue weighted by molar-refractivity contribution is -0.159. The molecule has 6 aliphatic rings. The van der Waals surface area contributed by atoms with Gasteiger partial charge in [-0.05, 0) is 82.3 Å². The second-order valence-corrected chi connectivity index (χ2v) is 12.4. The minimum atomic E-state index is -0.858. The molecule has 0 aromatic carbocycles. The Hall–Kier alpha value is -1.83. The molecule has 7 nitrogen and oxygen atoms in total. The number of fused-ring (bicyclic) bond motifs is 4. The number of allylic oxidation sites excluding steroid dienone is 1. The minimum absolute atomic E-state index is 0.00573. The molecule has 4 fully saturated rings. The minimum Gasteiger partial charge on any atom is -0.458 e. The average molecular weight is 485 g/mol. The van der Waals surface area contributed by atoms with Crippen LogP contribution in [0.2, 0.25) is 0 Å². The van der Waals surface area contributed by atoms with Crippen LogP contribution in [0.4, 0.5) is 0 Å². The Morgan fingerprint density at radius 1 is 1.17 bits per heavy atom. The van der Waals surface area contributed by atoms with E-state index < -0.39 is 28.6 Å². The van der Waals surface area contributed by atoms with Crippen LogP contribution in [0.25, 0.3) is 0 Å². The number of aliphatic hydroxyl groups excluding tert-OH is 2. The number of carbonyl (C=O) groups is 3. The topological polar surface area (TPSA) is 113 Å². The van der Waals surface area contributed by atoms with Crippen LogP contribution in [0.3, 0.4) is 0 Å². The summed E-state index contributed by atoms with van der Waals surface area (Å²) < 4.78 is 11.9. The predicted molar refractivity (Wildman–Crippen MR) is 125 cm³/mol. The molecule has 1 spiro atoms. The number of hydrogen-bond donors (Lipinski definition) is 2. The summed E-state index contributed by atoms with van der Waals surface area (Å²) in [4.78, 5) is 38.7. The van der Waals surface area contributed by atoms with Gasteiger partial charge in [0.2, 0.25) is 0 Å². The Labute approximate surface area is 205 Å². The van der Waals surface area contributed by atoms with Gasteiger partial charge in [0.25, 0.3) is 0 Å². The summed E-state index contributed by atoms with van der Waals surface area (Å²) in [5.41, 5.74) is -0.787. The van der Waals surface area contributed by atoms with Gasteiger partial charge in [-0.2, -0.15) is 0 Å². The first kappa shape index (κ1) is 23.6. The number of ketones is 1. The lowest BCUT2D eigenvalue weighted by Gasteiger charge is -2.57. The van der Waals surface area contributed by atoms with Gasteiger partial charge in [-0.15, -0.1) is 0 Å². The summed E-state index contributed by atoms with van der Waals surface area (Å²) in [6.45, 7) is 7.66. The summed E-state index contributed by atoms with van der Waals surface area (Å²) in [5.74, 6) is -0.867. The smallest absolute Gasteiger partial charge is 0.333 e. The van der Waals surface area contributed by atoms with Crippen molar-refractivity contribution in [1.82, 2.24) is 0 Å². The highest BCUT2D eigenvalue weighted by atomic mass is 16.6. The number of aliphatic hydroxyl groups is 2. The molecular weight excluding hydrogens is 448 g/mol. The fourth-order valence-corrected chi connectivity index (χ4v) is 9.44. The Balaban J connectivity index is 1.34. The molecule has 1 saturated heterocycles. The third-order valence-corrected chi connectivity index (χ3v) is 11.4. The number of carbonyl (C=O) groups excluding carboxylic acids is 3. The molecule has 0 radical (unpaired) electrons. The van der Waals surface area contributed by atoms with Crippen LogP contribution in [0.1, 0.15) is 59.8 Å². The van der Waals surface area contributed by atoms with Crippen LogP contribution in [0.5, 0.6) is 0 Å². The molecule has 0 aromatic heterocycles. The van der Waals surface area contributed by atoms with Crippen LogP contribution in [-0.4, -0.2) is 58.3 Å². The van der Waals surface area contributed by atoms with Gasteiger partial charge in [0.05, 0.1) is 17.6 Å². The average Bonchev–Trinajstić information content (AvgIpc) is 3.49. The zero-order valence-electron chi connectivity index (χ0n) is 20.9. The maximum Gasteiger partial charge on any atom is 0.333 e. The quantitative estimate of drug-likeness (QED) is 0.359. The molecule has 190 valence electrons. The number of aldehydes is 1. The number of ether oxygens (including phenoxy) is 2. The normalized spacial score (nSPS) is 53.2. The summed E-state index contributed by atoms with van der Waals surface area (Å²) in [6.07, 6.45) is 5.08. The van der Waals surface area contributed by atoms with E-state index in [4.69, 9.17) is 9.47 Å². The maximum absolute atomic E-state index is 13.3. The van der Waals surface area contributed by atoms with E-state index in [0.29, 0.717) is 37.7 Å². The van der Waals surface area contributed by atoms with Gasteiger partial charge in [-0.25, -0.2) is 4.79 Å². The van der Waals surface area contributed by atoms with Gasteiger partial charge < -0.3 is 24.5 Å². The number of hydrogen-bond acceptors (Lipinski definition) is 7. The number of esters is 1. The van der Waals surface area contributed by atoms with Crippen LogP contribution < -0.4 is 0 Å². The zero-order valence-corrected chi connectivity index (χ0v) is 20.9. The molecule has 12 atom stereocenters. The molecule has 0 amide bonds. The van der Waals surface area contributed by atoms with Crippen molar-refractivity contribution in [2.75, 3.05) is 0 Å². The van der Waals surface area contributed by atoms with E-state index in [0.717, 1.165) is 11.9 Å². The van der Waals surface area contributed by atoms with Crippen molar-refractivity contribution in [3.8, 4) is 0 Å². The maximum atomic E-state index is 13.3. The Morgan fingerprint density at radius 2 is 1.91 bits per heavy atom. The van der Waals surface area contributed by atoms with Crippen molar-refractivity contribution in [2.24, 2.45) is 40.4 Å². The molecule has 2 aliphatic heterocycles. The van der Waals surface area contributed by atoms with Crippen molar-refractivity contribution < 1.29 is 34.1 Å².